The Bertz CT molecular complexity index is 1110. The van der Waals surface area contributed by atoms with Crippen LogP contribution < -0.4 is 15.6 Å². The maximum atomic E-state index is 12.5. The zero-order valence-electron chi connectivity index (χ0n) is 16.7. The van der Waals surface area contributed by atoms with Crippen molar-refractivity contribution in [2.45, 2.75) is 25.4 Å². The van der Waals surface area contributed by atoms with Crippen LogP contribution in [0.5, 0.6) is 5.75 Å². The first-order valence-corrected chi connectivity index (χ1v) is 10.4. The highest BCUT2D eigenvalue weighted by Crippen LogP contribution is 2.23. The average molecular weight is 426 g/mol. The quantitative estimate of drug-likeness (QED) is 0.648. The van der Waals surface area contributed by atoms with Crippen LogP contribution in [0.15, 0.2) is 47.4 Å². The van der Waals surface area contributed by atoms with Crippen molar-refractivity contribution in [2.75, 3.05) is 20.3 Å². The minimum Gasteiger partial charge on any atom is -0.497 e. The zero-order valence-corrected chi connectivity index (χ0v) is 17.5. The highest BCUT2D eigenvalue weighted by molar-refractivity contribution is 7.11. The number of amides is 1. The Hall–Kier alpha value is -3.04. The van der Waals surface area contributed by atoms with E-state index in [-0.39, 0.29) is 30.0 Å². The fraction of sp³-hybridized carbons (Fsp3) is 0.333. The van der Waals surface area contributed by atoms with Gasteiger partial charge in [-0.05, 0) is 25.1 Å². The van der Waals surface area contributed by atoms with E-state index in [1.54, 1.807) is 19.4 Å². The Morgan fingerprint density at radius 3 is 2.97 bits per heavy atom. The van der Waals surface area contributed by atoms with Crippen molar-refractivity contribution in [2.24, 2.45) is 0 Å². The van der Waals surface area contributed by atoms with Crippen molar-refractivity contribution in [1.29, 1.82) is 0 Å². The topological polar surface area (TPSA) is 95.3 Å². The van der Waals surface area contributed by atoms with Gasteiger partial charge < -0.3 is 14.8 Å². The molecule has 1 aliphatic heterocycles. The van der Waals surface area contributed by atoms with Gasteiger partial charge in [-0.25, -0.2) is 9.67 Å². The zero-order chi connectivity index (χ0) is 21.1. The molecule has 1 amide bonds. The van der Waals surface area contributed by atoms with Gasteiger partial charge in [0.2, 0.25) is 5.91 Å². The summed E-state index contributed by atoms with van der Waals surface area (Å²) in [6.07, 6.45) is 1.97. The van der Waals surface area contributed by atoms with Crippen molar-refractivity contribution in [3.63, 3.8) is 0 Å². The molecule has 2 unspecified atom stereocenters. The predicted molar refractivity (Wildman–Crippen MR) is 113 cm³/mol. The van der Waals surface area contributed by atoms with E-state index < -0.39 is 0 Å². The summed E-state index contributed by atoms with van der Waals surface area (Å²) in [5, 5.41) is 8.46. The number of methoxy groups -OCH3 is 1. The third-order valence-electron chi connectivity index (χ3n) is 4.91. The molecule has 1 aliphatic rings. The van der Waals surface area contributed by atoms with Crippen LogP contribution in [0, 0.1) is 6.92 Å². The number of hydrogen-bond donors (Lipinski definition) is 1. The molecule has 0 radical (unpaired) electrons. The number of thiazole rings is 1. The third kappa shape index (κ3) is 4.42. The number of benzene rings is 1. The first-order chi connectivity index (χ1) is 14.5. The molecule has 0 saturated carbocycles. The molecular formula is C21H22N4O4S. The summed E-state index contributed by atoms with van der Waals surface area (Å²) in [6, 6.07) is 9.93. The van der Waals surface area contributed by atoms with E-state index in [0.29, 0.717) is 24.7 Å². The fourth-order valence-corrected chi connectivity index (χ4v) is 4.22. The number of ether oxygens (including phenoxy) is 2. The molecule has 0 aliphatic carbocycles. The number of aryl methyl sites for hydroxylation is 1. The molecule has 4 rings (SSSR count). The summed E-state index contributed by atoms with van der Waals surface area (Å²) in [4.78, 5) is 30.1. The second-order valence-corrected chi connectivity index (χ2v) is 8.35. The Kier molecular flexibility index (Phi) is 5.91. The Balaban J connectivity index is 1.54. The Morgan fingerprint density at radius 2 is 2.20 bits per heavy atom. The smallest absolute Gasteiger partial charge is 0.267 e. The van der Waals surface area contributed by atoms with Gasteiger partial charge in [0, 0.05) is 22.7 Å². The van der Waals surface area contributed by atoms with Crippen LogP contribution >= 0.6 is 11.3 Å². The average Bonchev–Trinajstić information content (AvgIpc) is 3.37. The van der Waals surface area contributed by atoms with Crippen LogP contribution in [0.3, 0.4) is 0 Å². The van der Waals surface area contributed by atoms with E-state index in [4.69, 9.17) is 9.47 Å². The summed E-state index contributed by atoms with van der Waals surface area (Å²) >= 11 is 1.50. The molecule has 9 heteroatoms. The van der Waals surface area contributed by atoms with E-state index in [0.717, 1.165) is 15.4 Å². The molecule has 1 saturated heterocycles. The minimum absolute atomic E-state index is 0.129. The summed E-state index contributed by atoms with van der Waals surface area (Å²) in [6.45, 7) is 2.54. The van der Waals surface area contributed by atoms with Crippen LogP contribution in [0.4, 0.5) is 0 Å². The molecule has 2 aromatic heterocycles. The Labute approximate surface area is 177 Å². The summed E-state index contributed by atoms with van der Waals surface area (Å²) in [5.74, 6) is 0.579. The van der Waals surface area contributed by atoms with E-state index in [9.17, 15) is 9.59 Å². The highest BCUT2D eigenvalue weighted by atomic mass is 32.1. The predicted octanol–water partition coefficient (Wildman–Crippen LogP) is 1.98. The molecule has 0 spiro atoms. The number of nitrogens with one attached hydrogen (secondary N) is 1. The lowest BCUT2D eigenvalue weighted by molar-refractivity contribution is -0.121. The van der Waals surface area contributed by atoms with Crippen molar-refractivity contribution >= 4 is 17.2 Å². The van der Waals surface area contributed by atoms with E-state index in [1.165, 1.54) is 22.1 Å². The van der Waals surface area contributed by atoms with Crippen molar-refractivity contribution in [3.8, 4) is 17.0 Å². The molecule has 156 valence electrons. The highest BCUT2D eigenvalue weighted by Gasteiger charge is 2.32. The first-order valence-electron chi connectivity index (χ1n) is 9.56. The Morgan fingerprint density at radius 1 is 1.33 bits per heavy atom. The summed E-state index contributed by atoms with van der Waals surface area (Å²) in [7, 11) is 1.60. The number of aromatic nitrogens is 3. The molecule has 3 heterocycles. The SMILES string of the molecule is COc1cccc(-c2ccc(=O)n(C3COCC3NC(=O)Cc3cnc(C)s3)n2)c1. The van der Waals surface area contributed by atoms with Gasteiger partial charge in [-0.15, -0.1) is 11.3 Å². The lowest BCUT2D eigenvalue weighted by Gasteiger charge is -2.20. The molecule has 8 nitrogen and oxygen atoms in total. The van der Waals surface area contributed by atoms with Gasteiger partial charge in [-0.3, -0.25) is 9.59 Å². The molecule has 1 fully saturated rings. The normalized spacial score (nSPS) is 18.3. The number of carbonyl (C=O) groups excluding carboxylic acids is 1. The third-order valence-corrected chi connectivity index (χ3v) is 5.82. The second-order valence-electron chi connectivity index (χ2n) is 7.03. The number of carbonyl (C=O) groups is 1. The van der Waals surface area contributed by atoms with Gasteiger partial charge in [-0.1, -0.05) is 12.1 Å². The molecular weight excluding hydrogens is 404 g/mol. The van der Waals surface area contributed by atoms with Crippen LogP contribution in [-0.2, 0) is 16.0 Å². The van der Waals surface area contributed by atoms with Gasteiger partial charge in [0.1, 0.15) is 11.8 Å². The maximum Gasteiger partial charge on any atom is 0.267 e. The van der Waals surface area contributed by atoms with E-state index in [1.807, 2.05) is 31.2 Å². The molecule has 1 aromatic carbocycles. The van der Waals surface area contributed by atoms with Crippen molar-refractivity contribution < 1.29 is 14.3 Å². The molecule has 1 N–H and O–H groups in total. The van der Waals surface area contributed by atoms with E-state index >= 15 is 0 Å². The monoisotopic (exact) mass is 426 g/mol. The van der Waals surface area contributed by atoms with Gasteiger partial charge in [0.05, 0.1) is 43.5 Å². The van der Waals surface area contributed by atoms with Gasteiger partial charge >= 0.3 is 0 Å². The second kappa shape index (κ2) is 8.76. The molecule has 30 heavy (non-hydrogen) atoms. The van der Waals surface area contributed by atoms with Gasteiger partial charge in [-0.2, -0.15) is 5.10 Å². The number of hydrogen-bond acceptors (Lipinski definition) is 7. The lowest BCUT2D eigenvalue weighted by Crippen LogP contribution is -2.44. The van der Waals surface area contributed by atoms with Crippen LogP contribution in [0.1, 0.15) is 15.9 Å². The van der Waals surface area contributed by atoms with Gasteiger partial charge in [0.25, 0.3) is 5.56 Å². The largest absolute Gasteiger partial charge is 0.497 e. The van der Waals surface area contributed by atoms with Crippen LogP contribution in [0.25, 0.3) is 11.3 Å². The maximum absolute atomic E-state index is 12.5. The van der Waals surface area contributed by atoms with Crippen LogP contribution in [0.2, 0.25) is 0 Å². The molecule has 0 bridgehead atoms. The number of nitrogens with zero attached hydrogens (tertiary/aromatic N) is 3. The van der Waals surface area contributed by atoms with E-state index in [2.05, 4.69) is 15.4 Å². The number of rotatable bonds is 6. The lowest BCUT2D eigenvalue weighted by atomic mass is 10.1. The first kappa shape index (κ1) is 20.2. The van der Waals surface area contributed by atoms with Crippen molar-refractivity contribution in [1.82, 2.24) is 20.1 Å². The van der Waals surface area contributed by atoms with Crippen molar-refractivity contribution in [3.05, 3.63) is 62.8 Å². The standard InChI is InChI=1S/C21H22N4O4S/c1-13-22-10-16(30-13)9-20(26)23-18-11-29-12-19(18)25-21(27)7-6-17(24-25)14-4-3-5-15(8-14)28-2/h3-8,10,18-19H,9,11-12H2,1-2H3,(H,23,26). The van der Waals surface area contributed by atoms with Gasteiger partial charge in [0.15, 0.2) is 0 Å². The molecule has 2 atom stereocenters. The summed E-state index contributed by atoms with van der Waals surface area (Å²) < 4.78 is 12.3. The summed E-state index contributed by atoms with van der Waals surface area (Å²) in [5.41, 5.74) is 1.24. The fourth-order valence-electron chi connectivity index (χ4n) is 3.42. The minimum atomic E-state index is -0.379. The molecule has 3 aromatic rings. The van der Waals surface area contributed by atoms with Crippen LogP contribution in [-0.4, -0.2) is 47.0 Å².